The van der Waals surface area contributed by atoms with Crippen LogP contribution in [0.2, 0.25) is 0 Å². The van der Waals surface area contributed by atoms with E-state index in [1.165, 1.54) is 12.1 Å². The lowest BCUT2D eigenvalue weighted by atomic mass is 10.1. The molecular formula is C13H20FNO2. The van der Waals surface area contributed by atoms with Crippen LogP contribution in [0.1, 0.15) is 19.4 Å². The molecule has 0 aromatic heterocycles. The molecule has 0 aliphatic heterocycles. The number of methoxy groups -OCH3 is 1. The molecule has 1 aromatic rings. The van der Waals surface area contributed by atoms with Gasteiger partial charge in [-0.1, -0.05) is 0 Å². The number of anilines is 1. The summed E-state index contributed by atoms with van der Waals surface area (Å²) in [7, 11) is 1.64. The number of ether oxygens (including phenoxy) is 1. The van der Waals surface area contributed by atoms with Gasteiger partial charge in [-0.05, 0) is 37.6 Å². The first kappa shape index (κ1) is 13.9. The number of halogens is 1. The number of nitrogens with zero attached hydrogens (tertiary/aromatic N) is 1. The van der Waals surface area contributed by atoms with Gasteiger partial charge in [0.05, 0.1) is 13.2 Å². The molecule has 3 nitrogen and oxygen atoms in total. The van der Waals surface area contributed by atoms with E-state index in [0.717, 1.165) is 5.69 Å². The van der Waals surface area contributed by atoms with Gasteiger partial charge in [0.25, 0.3) is 0 Å². The van der Waals surface area contributed by atoms with Crippen molar-refractivity contribution in [1.82, 2.24) is 0 Å². The Bertz CT molecular complexity index is 355. The van der Waals surface area contributed by atoms with E-state index < -0.39 is 0 Å². The zero-order valence-electron chi connectivity index (χ0n) is 10.6. The van der Waals surface area contributed by atoms with Crippen molar-refractivity contribution < 1.29 is 14.2 Å². The van der Waals surface area contributed by atoms with Crippen LogP contribution >= 0.6 is 0 Å². The Morgan fingerprint density at radius 3 is 2.59 bits per heavy atom. The van der Waals surface area contributed by atoms with Crippen LogP contribution in [-0.4, -0.2) is 31.4 Å². The van der Waals surface area contributed by atoms with Crippen molar-refractivity contribution >= 4 is 5.69 Å². The molecule has 0 bridgehead atoms. The van der Waals surface area contributed by atoms with Gasteiger partial charge in [-0.3, -0.25) is 0 Å². The lowest BCUT2D eigenvalue weighted by Crippen LogP contribution is -2.33. The van der Waals surface area contributed by atoms with Crippen molar-refractivity contribution in [3.8, 4) is 0 Å². The zero-order chi connectivity index (χ0) is 12.8. The van der Waals surface area contributed by atoms with Crippen molar-refractivity contribution in [2.24, 2.45) is 0 Å². The van der Waals surface area contributed by atoms with Gasteiger partial charge in [0.2, 0.25) is 0 Å². The van der Waals surface area contributed by atoms with E-state index in [4.69, 9.17) is 9.84 Å². The Labute approximate surface area is 102 Å². The van der Waals surface area contributed by atoms with Gasteiger partial charge < -0.3 is 14.7 Å². The predicted octanol–water partition coefficient (Wildman–Crippen LogP) is 2.18. The first-order valence-electron chi connectivity index (χ1n) is 5.74. The summed E-state index contributed by atoms with van der Waals surface area (Å²) < 4.78 is 18.4. The summed E-state index contributed by atoms with van der Waals surface area (Å²) in [6.45, 7) is 5.21. The van der Waals surface area contributed by atoms with Crippen LogP contribution in [0.3, 0.4) is 0 Å². The molecule has 0 saturated carbocycles. The van der Waals surface area contributed by atoms with Gasteiger partial charge in [0.1, 0.15) is 5.82 Å². The summed E-state index contributed by atoms with van der Waals surface area (Å²) >= 11 is 0. The second kappa shape index (κ2) is 6.57. The van der Waals surface area contributed by atoms with E-state index in [1.54, 1.807) is 13.2 Å². The van der Waals surface area contributed by atoms with Crippen LogP contribution in [0.4, 0.5) is 10.1 Å². The van der Waals surface area contributed by atoms with Gasteiger partial charge >= 0.3 is 0 Å². The fourth-order valence-electron chi connectivity index (χ4n) is 1.77. The lowest BCUT2D eigenvalue weighted by Gasteiger charge is -2.29. The number of hydrogen-bond donors (Lipinski definition) is 1. The first-order chi connectivity index (χ1) is 8.08. The van der Waals surface area contributed by atoms with Crippen molar-refractivity contribution in [2.45, 2.75) is 26.5 Å². The Kier molecular flexibility index (Phi) is 5.38. The van der Waals surface area contributed by atoms with Gasteiger partial charge in [0.15, 0.2) is 0 Å². The largest absolute Gasteiger partial charge is 0.392 e. The van der Waals surface area contributed by atoms with Crippen molar-refractivity contribution in [1.29, 1.82) is 0 Å². The van der Waals surface area contributed by atoms with Gasteiger partial charge in [-0.25, -0.2) is 4.39 Å². The Morgan fingerprint density at radius 2 is 2.06 bits per heavy atom. The number of benzene rings is 1. The quantitative estimate of drug-likeness (QED) is 0.828. The normalized spacial score (nSPS) is 10.9. The van der Waals surface area contributed by atoms with E-state index >= 15 is 0 Å². The lowest BCUT2D eigenvalue weighted by molar-refractivity contribution is 0.204. The van der Waals surface area contributed by atoms with Crippen molar-refractivity contribution in [2.75, 3.05) is 25.2 Å². The molecular weight excluding hydrogens is 221 g/mol. The topological polar surface area (TPSA) is 32.7 Å². The molecule has 96 valence electrons. The van der Waals surface area contributed by atoms with Crippen LogP contribution in [-0.2, 0) is 11.3 Å². The van der Waals surface area contributed by atoms with Crippen LogP contribution in [0.25, 0.3) is 0 Å². The number of hydrogen-bond acceptors (Lipinski definition) is 3. The molecule has 0 heterocycles. The highest BCUT2D eigenvalue weighted by Crippen LogP contribution is 2.20. The molecule has 1 aromatic carbocycles. The second-order valence-electron chi connectivity index (χ2n) is 4.26. The molecule has 0 saturated heterocycles. The maximum absolute atomic E-state index is 13.4. The summed E-state index contributed by atoms with van der Waals surface area (Å²) in [5, 5.41) is 9.07. The van der Waals surface area contributed by atoms with Crippen LogP contribution in [0.5, 0.6) is 0 Å². The third-order valence-electron chi connectivity index (χ3n) is 2.62. The Hall–Kier alpha value is -1.13. The van der Waals surface area contributed by atoms with Gasteiger partial charge in [-0.15, -0.1) is 0 Å². The Balaban J connectivity index is 2.96. The number of rotatable bonds is 6. The molecule has 0 atom stereocenters. The van der Waals surface area contributed by atoms with Gasteiger partial charge in [-0.2, -0.15) is 0 Å². The summed E-state index contributed by atoms with van der Waals surface area (Å²) in [6, 6.07) is 4.88. The third kappa shape index (κ3) is 3.98. The summed E-state index contributed by atoms with van der Waals surface area (Å²) in [6.07, 6.45) is 0. The van der Waals surface area contributed by atoms with E-state index in [9.17, 15) is 4.39 Å². The standard InChI is InChI=1S/C13H20FNO2/c1-10(2)15(4-5-17-3)13-7-11(9-16)6-12(14)8-13/h6-8,10,16H,4-5,9H2,1-3H3. The second-order valence-corrected chi connectivity index (χ2v) is 4.26. The van der Waals surface area contributed by atoms with Crippen LogP contribution < -0.4 is 4.90 Å². The van der Waals surface area contributed by atoms with Crippen LogP contribution in [0.15, 0.2) is 18.2 Å². The molecule has 4 heteroatoms. The summed E-state index contributed by atoms with van der Waals surface area (Å²) in [4.78, 5) is 2.05. The first-order valence-corrected chi connectivity index (χ1v) is 5.74. The maximum Gasteiger partial charge on any atom is 0.125 e. The predicted molar refractivity (Wildman–Crippen MR) is 66.7 cm³/mol. The highest BCUT2D eigenvalue weighted by molar-refractivity contribution is 5.49. The fraction of sp³-hybridized carbons (Fsp3) is 0.538. The van der Waals surface area contributed by atoms with Crippen LogP contribution in [0, 0.1) is 5.82 Å². The molecule has 1 N–H and O–H groups in total. The number of aliphatic hydroxyl groups excluding tert-OH is 1. The molecule has 0 fully saturated rings. The third-order valence-corrected chi connectivity index (χ3v) is 2.62. The minimum Gasteiger partial charge on any atom is -0.392 e. The molecule has 0 spiro atoms. The highest BCUT2D eigenvalue weighted by atomic mass is 19.1. The van der Waals surface area contributed by atoms with E-state index in [-0.39, 0.29) is 18.5 Å². The smallest absolute Gasteiger partial charge is 0.125 e. The molecule has 0 aliphatic carbocycles. The molecule has 17 heavy (non-hydrogen) atoms. The zero-order valence-corrected chi connectivity index (χ0v) is 10.6. The molecule has 0 amide bonds. The summed E-state index contributed by atoms with van der Waals surface area (Å²) in [5.74, 6) is -0.324. The fourth-order valence-corrected chi connectivity index (χ4v) is 1.77. The van der Waals surface area contributed by atoms with E-state index in [0.29, 0.717) is 18.7 Å². The number of aliphatic hydroxyl groups is 1. The molecule has 0 unspecified atom stereocenters. The van der Waals surface area contributed by atoms with E-state index in [1.807, 2.05) is 18.7 Å². The molecule has 0 radical (unpaired) electrons. The summed E-state index contributed by atoms with van der Waals surface area (Å²) in [5.41, 5.74) is 1.36. The monoisotopic (exact) mass is 241 g/mol. The minimum atomic E-state index is -0.324. The average molecular weight is 241 g/mol. The maximum atomic E-state index is 13.4. The highest BCUT2D eigenvalue weighted by Gasteiger charge is 2.12. The van der Waals surface area contributed by atoms with Crippen molar-refractivity contribution in [3.05, 3.63) is 29.6 Å². The Morgan fingerprint density at radius 1 is 1.35 bits per heavy atom. The molecule has 0 aliphatic rings. The van der Waals surface area contributed by atoms with Crippen molar-refractivity contribution in [3.63, 3.8) is 0 Å². The molecule has 1 rings (SSSR count). The van der Waals surface area contributed by atoms with Gasteiger partial charge in [0, 0.05) is 25.4 Å². The minimum absolute atomic E-state index is 0.152. The SMILES string of the molecule is COCCN(c1cc(F)cc(CO)c1)C(C)C. The van der Waals surface area contributed by atoms with E-state index in [2.05, 4.69) is 0 Å². The average Bonchev–Trinajstić information content (AvgIpc) is 2.28.